The first-order chi connectivity index (χ1) is 8.39. The molecule has 0 amide bonds. The Kier molecular flexibility index (Phi) is 6.68. The highest BCUT2D eigenvalue weighted by Crippen LogP contribution is 2.29. The summed E-state index contributed by atoms with van der Waals surface area (Å²) in [6, 6.07) is 4.15. The van der Waals surface area contributed by atoms with E-state index in [1.807, 2.05) is 6.07 Å². The fourth-order valence-corrected chi connectivity index (χ4v) is 2.98. The molecule has 0 aliphatic rings. The largest absolute Gasteiger partial charge is 0.316 e. The van der Waals surface area contributed by atoms with Crippen molar-refractivity contribution in [2.24, 2.45) is 11.3 Å². The molecule has 1 nitrogen and oxygen atoms in total. The average Bonchev–Trinajstić information content (AvgIpc) is 2.68. The lowest BCUT2D eigenvalue weighted by molar-refractivity contribution is 0.300. The Morgan fingerprint density at radius 3 is 2.56 bits per heavy atom. The van der Waals surface area contributed by atoms with Gasteiger partial charge >= 0.3 is 0 Å². The van der Waals surface area contributed by atoms with E-state index in [2.05, 4.69) is 39.1 Å². The monoisotopic (exact) mass is 287 g/mol. The van der Waals surface area contributed by atoms with Crippen molar-refractivity contribution in [1.82, 2.24) is 5.32 Å². The molecule has 1 rings (SSSR count). The summed E-state index contributed by atoms with van der Waals surface area (Å²) in [4.78, 5) is 1.41. The highest BCUT2D eigenvalue weighted by atomic mass is 35.5. The predicted octanol–water partition coefficient (Wildman–Crippen LogP) is 5.00. The highest BCUT2D eigenvalue weighted by molar-refractivity contribution is 7.16. The second kappa shape index (κ2) is 7.52. The van der Waals surface area contributed by atoms with E-state index in [-0.39, 0.29) is 0 Å². The minimum absolute atomic E-state index is 0.403. The molecular weight excluding hydrogens is 262 g/mol. The van der Waals surface area contributed by atoms with E-state index >= 15 is 0 Å². The van der Waals surface area contributed by atoms with E-state index in [0.717, 1.165) is 29.8 Å². The van der Waals surface area contributed by atoms with Gasteiger partial charge in [-0.2, -0.15) is 0 Å². The zero-order chi connectivity index (χ0) is 13.6. The molecule has 1 aromatic heterocycles. The molecule has 18 heavy (non-hydrogen) atoms. The molecular formula is C15H26ClNS. The summed E-state index contributed by atoms with van der Waals surface area (Å²) < 4.78 is 0.904. The maximum absolute atomic E-state index is 5.95. The molecule has 0 unspecified atom stereocenters. The van der Waals surface area contributed by atoms with Crippen LogP contribution in [0.15, 0.2) is 12.1 Å². The fourth-order valence-electron chi connectivity index (χ4n) is 1.89. The smallest absolute Gasteiger partial charge is 0.0931 e. The van der Waals surface area contributed by atoms with Crippen molar-refractivity contribution in [3.8, 4) is 0 Å². The van der Waals surface area contributed by atoms with Crippen molar-refractivity contribution in [2.75, 3.05) is 13.1 Å². The van der Waals surface area contributed by atoms with Crippen LogP contribution in [0.5, 0.6) is 0 Å². The third kappa shape index (κ3) is 6.77. The zero-order valence-electron chi connectivity index (χ0n) is 12.1. The van der Waals surface area contributed by atoms with Crippen LogP contribution >= 0.6 is 22.9 Å². The van der Waals surface area contributed by atoms with E-state index in [1.54, 1.807) is 11.3 Å². The Hall–Kier alpha value is -0.0500. The van der Waals surface area contributed by atoms with Gasteiger partial charge in [0.15, 0.2) is 0 Å². The van der Waals surface area contributed by atoms with Crippen molar-refractivity contribution >= 4 is 22.9 Å². The molecule has 0 bridgehead atoms. The molecule has 0 radical (unpaired) electrons. The van der Waals surface area contributed by atoms with Gasteiger partial charge in [0, 0.05) is 4.88 Å². The van der Waals surface area contributed by atoms with Gasteiger partial charge in [-0.25, -0.2) is 0 Å². The third-order valence-electron chi connectivity index (χ3n) is 3.21. The number of halogens is 1. The molecule has 1 N–H and O–H groups in total. The van der Waals surface area contributed by atoms with Gasteiger partial charge in [0.05, 0.1) is 4.34 Å². The number of aryl methyl sites for hydroxylation is 1. The van der Waals surface area contributed by atoms with Crippen LogP contribution in [0.2, 0.25) is 4.34 Å². The van der Waals surface area contributed by atoms with Gasteiger partial charge in [0.2, 0.25) is 0 Å². The summed E-state index contributed by atoms with van der Waals surface area (Å²) in [5.41, 5.74) is 0.403. The second-order valence-corrected chi connectivity index (χ2v) is 8.02. The Balaban J connectivity index is 2.22. The number of rotatable bonds is 8. The Morgan fingerprint density at radius 2 is 2.00 bits per heavy atom. The van der Waals surface area contributed by atoms with Gasteiger partial charge < -0.3 is 5.32 Å². The Labute approximate surface area is 121 Å². The normalized spacial score (nSPS) is 12.3. The lowest BCUT2D eigenvalue weighted by Gasteiger charge is -2.24. The molecule has 0 saturated carbocycles. The van der Waals surface area contributed by atoms with Gasteiger partial charge in [-0.15, -0.1) is 11.3 Å². The third-order valence-corrected chi connectivity index (χ3v) is 4.50. The zero-order valence-corrected chi connectivity index (χ0v) is 13.6. The summed E-state index contributed by atoms with van der Waals surface area (Å²) in [7, 11) is 0. The molecule has 0 aliphatic carbocycles. The molecule has 0 atom stereocenters. The molecule has 1 aromatic rings. The minimum atomic E-state index is 0.403. The van der Waals surface area contributed by atoms with Crippen molar-refractivity contribution in [2.45, 2.75) is 47.0 Å². The van der Waals surface area contributed by atoms with Gasteiger partial charge in [0.1, 0.15) is 0 Å². The van der Waals surface area contributed by atoms with Crippen LogP contribution in [-0.2, 0) is 6.42 Å². The first-order valence-electron chi connectivity index (χ1n) is 6.84. The number of hydrogen-bond donors (Lipinski definition) is 1. The topological polar surface area (TPSA) is 12.0 Å². The molecule has 0 saturated heterocycles. The summed E-state index contributed by atoms with van der Waals surface area (Å²) >= 11 is 7.66. The number of nitrogens with one attached hydrogen (secondary N) is 1. The summed E-state index contributed by atoms with van der Waals surface area (Å²) in [5, 5.41) is 3.52. The van der Waals surface area contributed by atoms with E-state index in [0.29, 0.717) is 5.41 Å². The van der Waals surface area contributed by atoms with Gasteiger partial charge in [-0.05, 0) is 55.8 Å². The van der Waals surface area contributed by atoms with E-state index < -0.39 is 0 Å². The van der Waals surface area contributed by atoms with Crippen molar-refractivity contribution < 1.29 is 0 Å². The van der Waals surface area contributed by atoms with E-state index in [1.165, 1.54) is 17.7 Å². The summed E-state index contributed by atoms with van der Waals surface area (Å²) in [5.74, 6) is 0.737. The first-order valence-corrected chi connectivity index (χ1v) is 8.03. The highest BCUT2D eigenvalue weighted by Gasteiger charge is 2.17. The van der Waals surface area contributed by atoms with Crippen LogP contribution in [0.25, 0.3) is 0 Å². The van der Waals surface area contributed by atoms with Crippen molar-refractivity contribution in [1.29, 1.82) is 0 Å². The lowest BCUT2D eigenvalue weighted by atomic mass is 9.84. The molecule has 104 valence electrons. The molecule has 1 heterocycles. The van der Waals surface area contributed by atoms with Gasteiger partial charge in [-0.3, -0.25) is 0 Å². The average molecular weight is 288 g/mol. The van der Waals surface area contributed by atoms with Crippen LogP contribution in [0.4, 0.5) is 0 Å². The minimum Gasteiger partial charge on any atom is -0.316 e. The van der Waals surface area contributed by atoms with E-state index in [9.17, 15) is 0 Å². The Morgan fingerprint density at radius 1 is 1.28 bits per heavy atom. The summed E-state index contributed by atoms with van der Waals surface area (Å²) in [6.45, 7) is 11.5. The molecule has 0 spiro atoms. The van der Waals surface area contributed by atoms with Crippen LogP contribution in [0.3, 0.4) is 0 Å². The first kappa shape index (κ1) is 16.0. The maximum Gasteiger partial charge on any atom is 0.0931 e. The van der Waals surface area contributed by atoms with Gasteiger partial charge in [-0.1, -0.05) is 39.3 Å². The lowest BCUT2D eigenvalue weighted by Crippen LogP contribution is -2.25. The maximum atomic E-state index is 5.95. The SMILES string of the molecule is CC(C)CNCCC(C)(C)CCc1ccc(Cl)s1. The van der Waals surface area contributed by atoms with Crippen molar-refractivity contribution in [3.05, 3.63) is 21.3 Å². The predicted molar refractivity (Wildman–Crippen MR) is 83.8 cm³/mol. The van der Waals surface area contributed by atoms with Crippen molar-refractivity contribution in [3.63, 3.8) is 0 Å². The van der Waals surface area contributed by atoms with Crippen LogP contribution in [0.1, 0.15) is 45.4 Å². The Bertz CT molecular complexity index is 344. The molecule has 3 heteroatoms. The fraction of sp³-hybridized carbons (Fsp3) is 0.733. The van der Waals surface area contributed by atoms with Gasteiger partial charge in [0.25, 0.3) is 0 Å². The number of thiophene rings is 1. The number of hydrogen-bond acceptors (Lipinski definition) is 2. The summed E-state index contributed by atoms with van der Waals surface area (Å²) in [6.07, 6.45) is 3.61. The molecule has 0 aromatic carbocycles. The molecule has 0 aliphatic heterocycles. The van der Waals surface area contributed by atoms with Crippen LogP contribution in [-0.4, -0.2) is 13.1 Å². The molecule has 0 fully saturated rings. The second-order valence-electron chi connectivity index (χ2n) is 6.22. The van der Waals surface area contributed by atoms with Crippen LogP contribution < -0.4 is 5.32 Å². The quantitative estimate of drug-likeness (QED) is 0.664. The standard InChI is InChI=1S/C15H26ClNS/c1-12(2)11-17-10-9-15(3,4)8-7-13-5-6-14(16)18-13/h5-6,12,17H,7-11H2,1-4H3. The van der Waals surface area contributed by atoms with E-state index in [4.69, 9.17) is 11.6 Å². The van der Waals surface area contributed by atoms with Crippen LogP contribution in [0, 0.1) is 11.3 Å².